The Labute approximate surface area is 183 Å². The van der Waals surface area contributed by atoms with Crippen LogP contribution in [0, 0.1) is 30.1 Å². The maximum atomic E-state index is 13.5. The third-order valence-electron chi connectivity index (χ3n) is 8.54. The number of hydrogen-bond donors (Lipinski definition) is 0. The Morgan fingerprint density at radius 1 is 1.21 bits per heavy atom. The van der Waals surface area contributed by atoms with Crippen molar-refractivity contribution in [2.45, 2.75) is 77.1 Å². The molecule has 4 aliphatic rings. The summed E-state index contributed by atoms with van der Waals surface area (Å²) in [4.78, 5) is 13.5. The lowest BCUT2D eigenvalue weighted by molar-refractivity contribution is -0.213. The van der Waals surface area contributed by atoms with Gasteiger partial charge in [-0.2, -0.15) is 0 Å². The van der Waals surface area contributed by atoms with Crippen molar-refractivity contribution >= 4 is 21.7 Å². The van der Waals surface area contributed by atoms with Crippen molar-refractivity contribution in [3.63, 3.8) is 0 Å². The van der Waals surface area contributed by atoms with Crippen LogP contribution in [0.2, 0.25) is 0 Å². The first-order chi connectivity index (χ1) is 14.0. The van der Waals surface area contributed by atoms with Gasteiger partial charge < -0.3 is 9.47 Å². The van der Waals surface area contributed by atoms with Gasteiger partial charge in [-0.1, -0.05) is 40.5 Å². The van der Waals surface area contributed by atoms with Gasteiger partial charge >= 0.3 is 0 Å². The molecule has 2 saturated carbocycles. The fraction of sp³-hybridized carbons (Fsp3) is 0.720. The number of carbonyl (C=O) groups excluding carboxylic acids is 1. The number of ketones is 1. The van der Waals surface area contributed by atoms with Crippen molar-refractivity contribution in [3.05, 3.63) is 34.9 Å². The molecule has 29 heavy (non-hydrogen) atoms. The molecule has 3 aliphatic carbocycles. The first-order valence-corrected chi connectivity index (χ1v) is 12.6. The van der Waals surface area contributed by atoms with E-state index in [0.29, 0.717) is 23.5 Å². The zero-order chi connectivity index (χ0) is 20.2. The van der Waals surface area contributed by atoms with Crippen LogP contribution in [0.15, 0.2) is 18.2 Å². The highest BCUT2D eigenvalue weighted by Gasteiger charge is 2.59. The van der Waals surface area contributed by atoms with E-state index in [4.69, 9.17) is 9.47 Å². The summed E-state index contributed by atoms with van der Waals surface area (Å²) in [6.07, 6.45) is 8.26. The molecule has 1 aromatic carbocycles. The quantitative estimate of drug-likeness (QED) is 0.516. The molecule has 3 nitrogen and oxygen atoms in total. The van der Waals surface area contributed by atoms with Crippen LogP contribution >= 0.6 is 15.9 Å². The van der Waals surface area contributed by atoms with Gasteiger partial charge in [-0.15, -0.1) is 0 Å². The summed E-state index contributed by atoms with van der Waals surface area (Å²) in [6.45, 7) is 5.36. The molecule has 7 atom stereocenters. The van der Waals surface area contributed by atoms with Crippen molar-refractivity contribution < 1.29 is 14.3 Å². The molecule has 1 aromatic rings. The predicted octanol–water partition coefficient (Wildman–Crippen LogP) is 6.02. The number of rotatable bonds is 3. The molecule has 1 aliphatic heterocycles. The van der Waals surface area contributed by atoms with Gasteiger partial charge in [0, 0.05) is 23.4 Å². The normalized spacial score (nSPS) is 41.6. The minimum atomic E-state index is -0.0225. The van der Waals surface area contributed by atoms with Gasteiger partial charge in [0.25, 0.3) is 0 Å². The van der Waals surface area contributed by atoms with E-state index in [9.17, 15) is 4.79 Å². The van der Waals surface area contributed by atoms with E-state index in [1.54, 1.807) is 0 Å². The summed E-state index contributed by atoms with van der Waals surface area (Å²) >= 11 is 3.72. The number of halogens is 1. The molecular formula is C25H33BrO3. The number of ether oxygens (including phenoxy) is 2. The summed E-state index contributed by atoms with van der Waals surface area (Å²) in [7, 11) is 0. The second-order valence-corrected chi connectivity index (χ2v) is 10.7. The van der Waals surface area contributed by atoms with Crippen LogP contribution in [-0.4, -0.2) is 30.1 Å². The van der Waals surface area contributed by atoms with Gasteiger partial charge in [0.1, 0.15) is 0 Å². The van der Waals surface area contributed by atoms with Crippen LogP contribution in [0.5, 0.6) is 0 Å². The fourth-order valence-electron chi connectivity index (χ4n) is 7.05. The predicted molar refractivity (Wildman–Crippen MR) is 118 cm³/mol. The Hall–Kier alpha value is -0.710. The molecule has 3 fully saturated rings. The van der Waals surface area contributed by atoms with Gasteiger partial charge in [-0.3, -0.25) is 4.79 Å². The van der Waals surface area contributed by atoms with E-state index in [1.807, 2.05) is 0 Å². The average Bonchev–Trinajstić information content (AvgIpc) is 3.05. The molecule has 7 unspecified atom stereocenters. The number of alkyl halides is 1. The number of aryl methyl sites for hydroxylation is 1. The molecule has 0 N–H and O–H groups in total. The van der Waals surface area contributed by atoms with Crippen LogP contribution < -0.4 is 0 Å². The van der Waals surface area contributed by atoms with Gasteiger partial charge in [-0.25, -0.2) is 0 Å². The van der Waals surface area contributed by atoms with Crippen LogP contribution in [0.1, 0.15) is 79.3 Å². The molecule has 158 valence electrons. The third-order valence-corrected chi connectivity index (χ3v) is 9.24. The lowest BCUT2D eigenvalue weighted by Crippen LogP contribution is -2.50. The highest BCUT2D eigenvalue weighted by atomic mass is 79.9. The second kappa shape index (κ2) is 7.76. The number of carbonyl (C=O) groups is 1. The molecule has 0 spiro atoms. The molecule has 4 heteroatoms. The van der Waals surface area contributed by atoms with Crippen LogP contribution in [0.3, 0.4) is 0 Å². The first kappa shape index (κ1) is 20.2. The fourth-order valence-corrected chi connectivity index (χ4v) is 7.78. The van der Waals surface area contributed by atoms with Crippen LogP contribution in [0.4, 0.5) is 0 Å². The van der Waals surface area contributed by atoms with E-state index in [2.05, 4.69) is 48.0 Å². The minimum absolute atomic E-state index is 0.0225. The summed E-state index contributed by atoms with van der Waals surface area (Å²) in [5, 5.41) is 0.768. The Balaban J connectivity index is 1.45. The van der Waals surface area contributed by atoms with E-state index in [1.165, 1.54) is 30.4 Å². The monoisotopic (exact) mass is 460 g/mol. The SMILES string of the molecule is Cc1ccc2c(c1)C(=O)C(CBr)C1C2CCC2(C)C(OC3CCCCO3)CCC12. The van der Waals surface area contributed by atoms with Crippen molar-refractivity contribution in [1.29, 1.82) is 0 Å². The van der Waals surface area contributed by atoms with Gasteiger partial charge in [0.2, 0.25) is 0 Å². The second-order valence-electron chi connectivity index (χ2n) is 10.0. The summed E-state index contributed by atoms with van der Waals surface area (Å²) in [6, 6.07) is 6.55. The van der Waals surface area contributed by atoms with Crippen molar-refractivity contribution in [3.8, 4) is 0 Å². The average molecular weight is 461 g/mol. The largest absolute Gasteiger partial charge is 0.353 e. The standard InChI is InChI=1S/C25H33BrO3/c1-15-6-7-16-17-10-11-25(2)20(23(17)19(14-26)24(27)18(16)13-15)8-9-21(25)29-22-5-3-4-12-28-22/h6-7,13,17,19-23H,3-5,8-12,14H2,1-2H3. The molecular weight excluding hydrogens is 428 g/mol. The highest BCUT2D eigenvalue weighted by Crippen LogP contribution is 2.63. The first-order valence-electron chi connectivity index (χ1n) is 11.5. The van der Waals surface area contributed by atoms with Crippen LogP contribution in [-0.2, 0) is 9.47 Å². The van der Waals surface area contributed by atoms with Gasteiger partial charge in [0.15, 0.2) is 12.1 Å². The van der Waals surface area contributed by atoms with Gasteiger partial charge in [0.05, 0.1) is 6.10 Å². The van der Waals surface area contributed by atoms with Crippen molar-refractivity contribution in [2.75, 3.05) is 11.9 Å². The highest BCUT2D eigenvalue weighted by molar-refractivity contribution is 9.09. The topological polar surface area (TPSA) is 35.5 Å². The number of Topliss-reactive ketones (excluding diaryl/α,β-unsaturated/α-hetero) is 1. The maximum Gasteiger partial charge on any atom is 0.167 e. The smallest absolute Gasteiger partial charge is 0.167 e. The van der Waals surface area contributed by atoms with E-state index >= 15 is 0 Å². The van der Waals surface area contributed by atoms with Crippen LogP contribution in [0.25, 0.3) is 0 Å². The van der Waals surface area contributed by atoms with E-state index < -0.39 is 0 Å². The zero-order valence-corrected chi connectivity index (χ0v) is 19.2. The lowest BCUT2D eigenvalue weighted by Gasteiger charge is -2.53. The van der Waals surface area contributed by atoms with E-state index in [-0.39, 0.29) is 23.7 Å². The van der Waals surface area contributed by atoms with Crippen molar-refractivity contribution in [1.82, 2.24) is 0 Å². The molecule has 1 saturated heterocycles. The lowest BCUT2D eigenvalue weighted by atomic mass is 9.52. The molecule has 1 heterocycles. The summed E-state index contributed by atoms with van der Waals surface area (Å²) < 4.78 is 12.5. The third kappa shape index (κ3) is 3.25. The Kier molecular flexibility index (Phi) is 5.41. The molecule has 0 radical (unpaired) electrons. The summed E-state index contributed by atoms with van der Waals surface area (Å²) in [5.41, 5.74) is 3.64. The number of benzene rings is 1. The summed E-state index contributed by atoms with van der Waals surface area (Å²) in [5.74, 6) is 1.93. The Morgan fingerprint density at radius 2 is 2.07 bits per heavy atom. The van der Waals surface area contributed by atoms with E-state index in [0.717, 1.165) is 43.2 Å². The maximum absolute atomic E-state index is 13.5. The van der Waals surface area contributed by atoms with Crippen molar-refractivity contribution in [2.24, 2.45) is 23.2 Å². The Morgan fingerprint density at radius 3 is 2.83 bits per heavy atom. The zero-order valence-electron chi connectivity index (χ0n) is 17.7. The molecule has 0 amide bonds. The molecule has 5 rings (SSSR count). The Bertz CT molecular complexity index is 786. The molecule has 0 aromatic heterocycles. The van der Waals surface area contributed by atoms with Gasteiger partial charge in [-0.05, 0) is 86.7 Å². The number of hydrogen-bond acceptors (Lipinski definition) is 3. The minimum Gasteiger partial charge on any atom is -0.353 e. The number of fused-ring (bicyclic) bond motifs is 5. The molecule has 0 bridgehead atoms.